The molecule has 6 heteroatoms. The van der Waals surface area contributed by atoms with Gasteiger partial charge in [0.05, 0.1) is 5.92 Å². The zero-order valence-corrected chi connectivity index (χ0v) is 12.8. The Bertz CT molecular complexity index is 757. The lowest BCUT2D eigenvalue weighted by Gasteiger charge is -2.23. The number of ether oxygens (including phenoxy) is 1. The molecule has 20 heavy (non-hydrogen) atoms. The van der Waals surface area contributed by atoms with Gasteiger partial charge in [0.15, 0.2) is 0 Å². The lowest BCUT2D eigenvalue weighted by molar-refractivity contribution is 0.379. The standard InChI is InChI=1S/C14H11IN4O/c1-7-11-12(8-3-2-4-9(15)5-8)10(6-16)13(17)20-14(11)19-18-7/h2-5,12H,17H2,1H3,(H,18,19). The molecule has 1 unspecified atom stereocenters. The number of aromatic amines is 1. The highest BCUT2D eigenvalue weighted by Crippen LogP contribution is 2.42. The van der Waals surface area contributed by atoms with Gasteiger partial charge < -0.3 is 10.5 Å². The van der Waals surface area contributed by atoms with E-state index in [-0.39, 0.29) is 11.8 Å². The molecule has 2 heterocycles. The second-order valence-corrected chi connectivity index (χ2v) is 5.79. The molecule has 0 fully saturated rings. The fourth-order valence-electron chi connectivity index (χ4n) is 2.42. The number of nitrogens with two attached hydrogens (primary N) is 1. The number of H-pyrrole nitrogens is 1. The summed E-state index contributed by atoms with van der Waals surface area (Å²) >= 11 is 2.25. The van der Waals surface area contributed by atoms with E-state index in [0.29, 0.717) is 11.5 Å². The Morgan fingerprint density at radius 1 is 1.50 bits per heavy atom. The van der Waals surface area contributed by atoms with Crippen LogP contribution in [0.5, 0.6) is 5.88 Å². The molecule has 3 N–H and O–H groups in total. The van der Waals surface area contributed by atoms with Crippen molar-refractivity contribution in [2.45, 2.75) is 12.8 Å². The Morgan fingerprint density at radius 3 is 3.00 bits per heavy atom. The molecule has 5 nitrogen and oxygen atoms in total. The number of hydrogen-bond donors (Lipinski definition) is 2. The maximum absolute atomic E-state index is 9.42. The summed E-state index contributed by atoms with van der Waals surface area (Å²) < 4.78 is 6.53. The number of nitrogens with one attached hydrogen (secondary N) is 1. The first-order valence-electron chi connectivity index (χ1n) is 5.99. The van der Waals surface area contributed by atoms with E-state index in [9.17, 15) is 5.26 Å². The van der Waals surface area contributed by atoms with E-state index in [0.717, 1.165) is 20.4 Å². The van der Waals surface area contributed by atoms with Crippen LogP contribution in [-0.4, -0.2) is 10.2 Å². The zero-order chi connectivity index (χ0) is 14.3. The van der Waals surface area contributed by atoms with Gasteiger partial charge in [-0.05, 0) is 47.2 Å². The van der Waals surface area contributed by atoms with E-state index >= 15 is 0 Å². The number of rotatable bonds is 1. The van der Waals surface area contributed by atoms with Gasteiger partial charge in [-0.2, -0.15) is 5.26 Å². The van der Waals surface area contributed by atoms with Crippen molar-refractivity contribution >= 4 is 22.6 Å². The SMILES string of the molecule is Cc1[nH]nc2c1C(c1cccc(I)c1)C(C#N)=C(N)O2. The van der Waals surface area contributed by atoms with Crippen molar-refractivity contribution in [1.29, 1.82) is 5.26 Å². The van der Waals surface area contributed by atoms with Gasteiger partial charge in [0, 0.05) is 14.8 Å². The van der Waals surface area contributed by atoms with Gasteiger partial charge in [0.25, 0.3) is 0 Å². The van der Waals surface area contributed by atoms with Crippen LogP contribution in [-0.2, 0) is 0 Å². The molecule has 0 saturated carbocycles. The number of allylic oxidation sites excluding steroid dienone is 1. The van der Waals surface area contributed by atoms with E-state index in [1.807, 2.05) is 31.2 Å². The van der Waals surface area contributed by atoms with Crippen LogP contribution < -0.4 is 10.5 Å². The van der Waals surface area contributed by atoms with Crippen LogP contribution in [0.2, 0.25) is 0 Å². The van der Waals surface area contributed by atoms with Gasteiger partial charge in [-0.25, -0.2) is 0 Å². The largest absolute Gasteiger partial charge is 0.420 e. The van der Waals surface area contributed by atoms with E-state index in [1.54, 1.807) is 0 Å². The Morgan fingerprint density at radius 2 is 2.30 bits per heavy atom. The normalized spacial score (nSPS) is 17.4. The Hall–Kier alpha value is -2.01. The monoisotopic (exact) mass is 378 g/mol. The summed E-state index contributed by atoms with van der Waals surface area (Å²) in [6.45, 7) is 1.91. The molecule has 3 rings (SSSR count). The third-order valence-electron chi connectivity index (χ3n) is 3.31. The van der Waals surface area contributed by atoms with Crippen LogP contribution >= 0.6 is 22.6 Å². The van der Waals surface area contributed by atoms with Crippen LogP contribution in [0.3, 0.4) is 0 Å². The lowest BCUT2D eigenvalue weighted by atomic mass is 9.84. The number of fused-ring (bicyclic) bond motifs is 1. The number of nitrogens with zero attached hydrogens (tertiary/aromatic N) is 2. The van der Waals surface area contributed by atoms with E-state index < -0.39 is 0 Å². The number of halogens is 1. The highest BCUT2D eigenvalue weighted by molar-refractivity contribution is 14.1. The van der Waals surface area contributed by atoms with E-state index in [1.165, 1.54) is 0 Å². The number of benzene rings is 1. The van der Waals surface area contributed by atoms with Gasteiger partial charge in [0.2, 0.25) is 11.8 Å². The second-order valence-electron chi connectivity index (χ2n) is 4.55. The topological polar surface area (TPSA) is 87.7 Å². The third kappa shape index (κ3) is 1.94. The summed E-state index contributed by atoms with van der Waals surface area (Å²) in [5, 5.41) is 16.4. The average molecular weight is 378 g/mol. The van der Waals surface area contributed by atoms with Crippen molar-refractivity contribution in [2.24, 2.45) is 5.73 Å². The van der Waals surface area contributed by atoms with Crippen molar-refractivity contribution in [3.63, 3.8) is 0 Å². The number of hydrogen-bond acceptors (Lipinski definition) is 4. The molecule has 0 aliphatic carbocycles. The molecule has 1 atom stereocenters. The first-order chi connectivity index (χ1) is 9.61. The van der Waals surface area contributed by atoms with Crippen LogP contribution in [0.25, 0.3) is 0 Å². The third-order valence-corrected chi connectivity index (χ3v) is 3.98. The van der Waals surface area contributed by atoms with Gasteiger partial charge in [-0.15, -0.1) is 5.10 Å². The number of aromatic nitrogens is 2. The summed E-state index contributed by atoms with van der Waals surface area (Å²) in [6.07, 6.45) is 0. The lowest BCUT2D eigenvalue weighted by Crippen LogP contribution is -2.21. The van der Waals surface area contributed by atoms with Crippen LogP contribution in [0.1, 0.15) is 22.7 Å². The van der Waals surface area contributed by atoms with E-state index in [4.69, 9.17) is 10.5 Å². The smallest absolute Gasteiger partial charge is 0.244 e. The van der Waals surface area contributed by atoms with Crippen molar-refractivity contribution < 1.29 is 4.74 Å². The molecule has 0 saturated heterocycles. The molecular formula is C14H11IN4O. The Kier molecular flexibility index (Phi) is 3.14. The first kappa shape index (κ1) is 13.0. The fraction of sp³-hybridized carbons (Fsp3) is 0.143. The van der Waals surface area contributed by atoms with Gasteiger partial charge in [-0.3, -0.25) is 5.10 Å². The van der Waals surface area contributed by atoms with Crippen molar-refractivity contribution in [3.05, 3.63) is 56.1 Å². The van der Waals surface area contributed by atoms with E-state index in [2.05, 4.69) is 38.9 Å². The Labute approximate surface area is 129 Å². The minimum Gasteiger partial charge on any atom is -0.420 e. The molecule has 1 aliphatic heterocycles. The average Bonchev–Trinajstić information content (AvgIpc) is 2.78. The van der Waals surface area contributed by atoms with Crippen molar-refractivity contribution in [1.82, 2.24) is 10.2 Å². The number of aryl methyl sites for hydroxylation is 1. The van der Waals surface area contributed by atoms with Crippen LogP contribution in [0.15, 0.2) is 35.7 Å². The molecule has 1 aromatic carbocycles. The minimum absolute atomic E-state index is 0.121. The molecule has 2 aromatic rings. The van der Waals surface area contributed by atoms with Crippen molar-refractivity contribution in [3.8, 4) is 11.9 Å². The highest BCUT2D eigenvalue weighted by Gasteiger charge is 2.34. The van der Waals surface area contributed by atoms with Crippen LogP contribution in [0.4, 0.5) is 0 Å². The molecule has 100 valence electrons. The van der Waals surface area contributed by atoms with Gasteiger partial charge in [-0.1, -0.05) is 12.1 Å². The molecular weight excluding hydrogens is 367 g/mol. The highest BCUT2D eigenvalue weighted by atomic mass is 127. The summed E-state index contributed by atoms with van der Waals surface area (Å²) in [4.78, 5) is 0. The minimum atomic E-state index is -0.239. The zero-order valence-electron chi connectivity index (χ0n) is 10.6. The van der Waals surface area contributed by atoms with Crippen molar-refractivity contribution in [2.75, 3.05) is 0 Å². The summed E-state index contributed by atoms with van der Waals surface area (Å²) in [5.74, 6) is 0.329. The first-order valence-corrected chi connectivity index (χ1v) is 7.07. The molecule has 0 amide bonds. The van der Waals surface area contributed by atoms with Crippen LogP contribution in [0, 0.1) is 21.8 Å². The molecule has 0 bridgehead atoms. The summed E-state index contributed by atoms with van der Waals surface area (Å²) in [7, 11) is 0. The predicted octanol–water partition coefficient (Wildman–Crippen LogP) is 2.54. The molecule has 0 radical (unpaired) electrons. The molecule has 1 aromatic heterocycles. The summed E-state index contributed by atoms with van der Waals surface area (Å²) in [6, 6.07) is 10.2. The quantitative estimate of drug-likeness (QED) is 0.747. The maximum Gasteiger partial charge on any atom is 0.244 e. The summed E-state index contributed by atoms with van der Waals surface area (Å²) in [5.41, 5.74) is 9.04. The second kappa shape index (κ2) is 4.83. The fourth-order valence-corrected chi connectivity index (χ4v) is 2.99. The van der Waals surface area contributed by atoms with Gasteiger partial charge in [0.1, 0.15) is 11.6 Å². The van der Waals surface area contributed by atoms with Gasteiger partial charge >= 0.3 is 0 Å². The molecule has 0 spiro atoms. The predicted molar refractivity (Wildman–Crippen MR) is 81.8 cm³/mol. The molecule has 1 aliphatic rings. The maximum atomic E-state index is 9.42. The number of nitriles is 1. The Balaban J connectivity index is 2.25.